The lowest BCUT2D eigenvalue weighted by Gasteiger charge is -2.43. The van der Waals surface area contributed by atoms with Crippen molar-refractivity contribution in [3.05, 3.63) is 0 Å². The molecule has 2 rings (SSSR count). The number of piperazine rings is 1. The van der Waals surface area contributed by atoms with Gasteiger partial charge in [-0.05, 0) is 31.1 Å². The first-order chi connectivity index (χ1) is 9.06. The molecule has 0 radical (unpaired) electrons. The van der Waals surface area contributed by atoms with Gasteiger partial charge in [0.25, 0.3) is 0 Å². The van der Waals surface area contributed by atoms with Crippen LogP contribution in [0.2, 0.25) is 0 Å². The molecule has 4 heteroatoms. The molecule has 2 unspecified atom stereocenters. The number of primary amides is 1. The largest absolute Gasteiger partial charge is 0.368 e. The summed E-state index contributed by atoms with van der Waals surface area (Å²) in [5, 5.41) is 3.36. The molecule has 2 atom stereocenters. The molecule has 0 bridgehead atoms. The fourth-order valence-electron chi connectivity index (χ4n) is 3.83. The Bertz CT molecular complexity index is 313. The van der Waals surface area contributed by atoms with Gasteiger partial charge in [0.15, 0.2) is 0 Å². The molecule has 1 heterocycles. The summed E-state index contributed by atoms with van der Waals surface area (Å²) in [7, 11) is 0. The van der Waals surface area contributed by atoms with Crippen molar-refractivity contribution >= 4 is 5.91 Å². The second-order valence-electron chi connectivity index (χ2n) is 6.57. The number of carbonyl (C=O) groups is 1. The maximum Gasteiger partial charge on any atom is 0.237 e. The highest BCUT2D eigenvalue weighted by molar-refractivity contribution is 5.84. The first-order valence-electron chi connectivity index (χ1n) is 7.82. The quantitative estimate of drug-likeness (QED) is 0.759. The lowest BCUT2D eigenvalue weighted by atomic mass is 9.84. The van der Waals surface area contributed by atoms with E-state index in [0.29, 0.717) is 5.92 Å². The number of nitrogens with two attached hydrogens (primary N) is 1. The molecule has 2 aliphatic rings. The zero-order chi connectivity index (χ0) is 13.9. The first-order valence-corrected chi connectivity index (χ1v) is 7.82. The fraction of sp³-hybridized carbons (Fsp3) is 0.933. The molecule has 19 heavy (non-hydrogen) atoms. The Morgan fingerprint density at radius 3 is 2.53 bits per heavy atom. The molecule has 1 saturated carbocycles. The minimum Gasteiger partial charge on any atom is -0.368 e. The Kier molecular flexibility index (Phi) is 4.85. The van der Waals surface area contributed by atoms with Crippen molar-refractivity contribution in [1.82, 2.24) is 10.2 Å². The Hall–Kier alpha value is -0.610. The van der Waals surface area contributed by atoms with E-state index in [1.165, 1.54) is 6.42 Å². The van der Waals surface area contributed by atoms with Crippen LogP contribution < -0.4 is 11.1 Å². The van der Waals surface area contributed by atoms with Gasteiger partial charge in [0.05, 0.1) is 0 Å². The normalized spacial score (nSPS) is 34.2. The number of carbonyl (C=O) groups excluding carboxylic acids is 1. The molecule has 110 valence electrons. The average Bonchev–Trinajstić information content (AvgIpc) is 2.63. The van der Waals surface area contributed by atoms with Gasteiger partial charge in [-0.2, -0.15) is 0 Å². The highest BCUT2D eigenvalue weighted by Crippen LogP contribution is 2.37. The summed E-state index contributed by atoms with van der Waals surface area (Å²) < 4.78 is 0. The molecule has 1 aliphatic carbocycles. The summed E-state index contributed by atoms with van der Waals surface area (Å²) in [5.74, 6) is 1.37. The monoisotopic (exact) mass is 267 g/mol. The summed E-state index contributed by atoms with van der Waals surface area (Å²) >= 11 is 0. The van der Waals surface area contributed by atoms with E-state index in [2.05, 4.69) is 24.1 Å². The molecule has 3 N–H and O–H groups in total. The van der Waals surface area contributed by atoms with Gasteiger partial charge >= 0.3 is 0 Å². The average molecular weight is 267 g/mol. The third-order valence-corrected chi connectivity index (χ3v) is 5.22. The summed E-state index contributed by atoms with van der Waals surface area (Å²) in [6.07, 6.45) is 5.43. The van der Waals surface area contributed by atoms with Crippen LogP contribution in [0.3, 0.4) is 0 Å². The van der Waals surface area contributed by atoms with Crippen molar-refractivity contribution in [3.63, 3.8) is 0 Å². The molecule has 0 aromatic rings. The molecule has 1 saturated heterocycles. The van der Waals surface area contributed by atoms with Crippen LogP contribution in [-0.2, 0) is 4.79 Å². The maximum atomic E-state index is 12.2. The molecular weight excluding hydrogens is 238 g/mol. The second-order valence-corrected chi connectivity index (χ2v) is 6.57. The van der Waals surface area contributed by atoms with Crippen molar-refractivity contribution in [2.75, 3.05) is 26.2 Å². The van der Waals surface area contributed by atoms with Crippen LogP contribution in [0, 0.1) is 11.8 Å². The van der Waals surface area contributed by atoms with Crippen LogP contribution in [0.15, 0.2) is 0 Å². The molecule has 4 nitrogen and oxygen atoms in total. The predicted molar refractivity (Wildman–Crippen MR) is 77.8 cm³/mol. The van der Waals surface area contributed by atoms with E-state index in [4.69, 9.17) is 5.73 Å². The fourth-order valence-corrected chi connectivity index (χ4v) is 3.83. The summed E-state index contributed by atoms with van der Waals surface area (Å²) in [4.78, 5) is 14.5. The predicted octanol–water partition coefficient (Wildman–Crippen LogP) is 1.35. The van der Waals surface area contributed by atoms with E-state index < -0.39 is 0 Å². The summed E-state index contributed by atoms with van der Waals surface area (Å²) in [5.41, 5.74) is 5.45. The van der Waals surface area contributed by atoms with E-state index in [9.17, 15) is 4.79 Å². The van der Waals surface area contributed by atoms with Gasteiger partial charge in [-0.3, -0.25) is 9.69 Å². The molecule has 0 aromatic heterocycles. The van der Waals surface area contributed by atoms with Crippen molar-refractivity contribution < 1.29 is 4.79 Å². The number of amides is 1. The lowest BCUT2D eigenvalue weighted by Crippen LogP contribution is -2.62. The van der Waals surface area contributed by atoms with Gasteiger partial charge in [0, 0.05) is 26.2 Å². The van der Waals surface area contributed by atoms with Gasteiger partial charge in [-0.1, -0.05) is 26.7 Å². The van der Waals surface area contributed by atoms with Crippen molar-refractivity contribution in [2.24, 2.45) is 17.6 Å². The minimum atomic E-state index is -0.369. The topological polar surface area (TPSA) is 58.4 Å². The van der Waals surface area contributed by atoms with Crippen LogP contribution in [0.1, 0.15) is 46.0 Å². The van der Waals surface area contributed by atoms with E-state index >= 15 is 0 Å². The van der Waals surface area contributed by atoms with E-state index in [-0.39, 0.29) is 11.4 Å². The molecule has 0 spiro atoms. The zero-order valence-electron chi connectivity index (χ0n) is 12.5. The van der Waals surface area contributed by atoms with E-state index in [1.54, 1.807) is 0 Å². The SMILES string of the molecule is CC(C)C1CCCC(C(N)=O)(N2CCNCC2)CC1. The number of rotatable bonds is 3. The third kappa shape index (κ3) is 3.11. The molecule has 0 aromatic carbocycles. The zero-order valence-corrected chi connectivity index (χ0v) is 12.5. The summed E-state index contributed by atoms with van der Waals surface area (Å²) in [6, 6.07) is 0. The van der Waals surface area contributed by atoms with Gasteiger partial charge in [0.2, 0.25) is 5.91 Å². The van der Waals surface area contributed by atoms with Gasteiger partial charge in [-0.25, -0.2) is 0 Å². The molecule has 1 aliphatic heterocycles. The molecular formula is C15H29N3O. The smallest absolute Gasteiger partial charge is 0.237 e. The van der Waals surface area contributed by atoms with Crippen LogP contribution in [0.25, 0.3) is 0 Å². The van der Waals surface area contributed by atoms with Crippen LogP contribution >= 0.6 is 0 Å². The number of hydrogen-bond donors (Lipinski definition) is 2. The Balaban J connectivity index is 2.12. The second kappa shape index (κ2) is 6.23. The van der Waals surface area contributed by atoms with E-state index in [1.807, 2.05) is 0 Å². The van der Waals surface area contributed by atoms with Crippen molar-refractivity contribution in [2.45, 2.75) is 51.5 Å². The Morgan fingerprint density at radius 2 is 1.95 bits per heavy atom. The highest BCUT2D eigenvalue weighted by atomic mass is 16.1. The Morgan fingerprint density at radius 1 is 1.26 bits per heavy atom. The van der Waals surface area contributed by atoms with Crippen LogP contribution in [0.5, 0.6) is 0 Å². The van der Waals surface area contributed by atoms with Gasteiger partial charge < -0.3 is 11.1 Å². The Labute approximate surface area is 117 Å². The van der Waals surface area contributed by atoms with Gasteiger partial charge in [0.1, 0.15) is 5.54 Å². The van der Waals surface area contributed by atoms with Gasteiger partial charge in [-0.15, -0.1) is 0 Å². The number of nitrogens with one attached hydrogen (secondary N) is 1. The first kappa shape index (κ1) is 14.8. The minimum absolute atomic E-state index is 0.0983. The lowest BCUT2D eigenvalue weighted by molar-refractivity contribution is -0.132. The standard InChI is InChI=1S/C15H29N3O/c1-12(2)13-4-3-6-15(7-5-13,14(16)19)18-10-8-17-9-11-18/h12-13,17H,3-11H2,1-2H3,(H2,16,19). The number of hydrogen-bond acceptors (Lipinski definition) is 3. The van der Waals surface area contributed by atoms with Crippen molar-refractivity contribution in [3.8, 4) is 0 Å². The highest BCUT2D eigenvalue weighted by Gasteiger charge is 2.44. The summed E-state index contributed by atoms with van der Waals surface area (Å²) in [6.45, 7) is 8.45. The molecule has 2 fully saturated rings. The van der Waals surface area contributed by atoms with Crippen LogP contribution in [-0.4, -0.2) is 42.5 Å². The molecule has 1 amide bonds. The van der Waals surface area contributed by atoms with E-state index in [0.717, 1.165) is 57.8 Å². The third-order valence-electron chi connectivity index (χ3n) is 5.22. The number of nitrogens with zero attached hydrogens (tertiary/aromatic N) is 1. The van der Waals surface area contributed by atoms with Crippen LogP contribution in [0.4, 0.5) is 0 Å². The van der Waals surface area contributed by atoms with Crippen molar-refractivity contribution in [1.29, 1.82) is 0 Å². The maximum absolute atomic E-state index is 12.2.